The normalized spacial score (nSPS) is 15.5. The first kappa shape index (κ1) is 5.31. The van der Waals surface area contributed by atoms with Crippen LogP contribution in [0.1, 0.15) is 30.4 Å². The van der Waals surface area contributed by atoms with E-state index in [0.29, 0.717) is 10.2 Å². The van der Waals surface area contributed by atoms with Crippen molar-refractivity contribution < 1.29 is 4.11 Å². The fourth-order valence-electron chi connectivity index (χ4n) is 0.670. The molecule has 1 heterocycles. The summed E-state index contributed by atoms with van der Waals surface area (Å²) < 4.78 is 23.3. The molecule has 0 aliphatic rings. The molecule has 0 radical (unpaired) electrons. The topological polar surface area (TPSA) is 12.9 Å². The van der Waals surface area contributed by atoms with E-state index in [1.165, 1.54) is 0 Å². The molecule has 0 amide bonds. The Morgan fingerprint density at radius 3 is 2.73 bits per heavy atom. The third-order valence-corrected chi connectivity index (χ3v) is 1.69. The third-order valence-electron chi connectivity index (χ3n) is 1.31. The molecule has 0 fully saturated rings. The molecule has 0 unspecified atom stereocenters. The molecule has 0 aliphatic carbocycles. The van der Waals surface area contributed by atoms with E-state index in [1.807, 2.05) is 20.8 Å². The van der Waals surface area contributed by atoms with E-state index in [1.54, 1.807) is 0 Å². The summed E-state index contributed by atoms with van der Waals surface area (Å²) in [6, 6.07) is 0.254. The molecule has 60 valence electrons. The maximum atomic E-state index is 7.78. The smallest absolute Gasteiger partial charge is 0.106 e. The van der Waals surface area contributed by atoms with Gasteiger partial charge in [0, 0.05) is 6.17 Å². The molecule has 0 N–H and O–H groups in total. The van der Waals surface area contributed by atoms with E-state index in [0.717, 1.165) is 0 Å². The molecule has 1 rings (SSSR count). The fourth-order valence-corrected chi connectivity index (χ4v) is 0.957. The van der Waals surface area contributed by atoms with Gasteiger partial charge in [0.2, 0.25) is 0 Å². The van der Waals surface area contributed by atoms with Crippen molar-refractivity contribution in [3.63, 3.8) is 0 Å². The Balaban J connectivity index is 3.56. The zero-order chi connectivity index (χ0) is 11.1. The molecule has 0 bridgehead atoms. The van der Waals surface area contributed by atoms with Crippen molar-refractivity contribution in [1.82, 2.24) is 4.98 Å². The van der Waals surface area contributed by atoms with Crippen molar-refractivity contribution in [2.45, 2.75) is 26.2 Å². The lowest BCUT2D eigenvalue weighted by Crippen LogP contribution is -2.10. The van der Waals surface area contributed by atoms with Crippen LogP contribution in [-0.4, -0.2) is 4.98 Å². The van der Waals surface area contributed by atoms with Gasteiger partial charge in [-0.1, -0.05) is 20.8 Å². The van der Waals surface area contributed by atoms with Gasteiger partial charge < -0.3 is 0 Å². The Morgan fingerprint density at radius 1 is 1.55 bits per heavy atom. The van der Waals surface area contributed by atoms with Crippen LogP contribution in [0.4, 0.5) is 0 Å². The fraction of sp³-hybridized carbons (Fsp3) is 0.444. The Kier molecular flexibility index (Phi) is 1.42. The lowest BCUT2D eigenvalue weighted by Gasteiger charge is -2.18. The van der Waals surface area contributed by atoms with Gasteiger partial charge >= 0.3 is 0 Å². The maximum absolute atomic E-state index is 7.78. The summed E-state index contributed by atoms with van der Waals surface area (Å²) >= 11 is 3.12. The summed E-state index contributed by atoms with van der Waals surface area (Å²) in [5.74, 6) is 0. The van der Waals surface area contributed by atoms with Crippen LogP contribution >= 0.6 is 15.9 Å². The minimum Gasteiger partial charge on any atom is -0.249 e. The molecule has 0 saturated heterocycles. The predicted octanol–water partition coefficient (Wildman–Crippen LogP) is 3.14. The van der Waals surface area contributed by atoms with Crippen LogP contribution in [0.2, 0.25) is 0 Å². The molecule has 0 atom stereocenters. The van der Waals surface area contributed by atoms with Gasteiger partial charge in [0.05, 0.1) is 4.11 Å². The van der Waals surface area contributed by atoms with Gasteiger partial charge in [-0.2, -0.15) is 0 Å². The van der Waals surface area contributed by atoms with Crippen molar-refractivity contribution in [3.8, 4) is 0 Å². The molecule has 1 aromatic rings. The van der Waals surface area contributed by atoms with Crippen molar-refractivity contribution in [3.05, 3.63) is 28.4 Å². The average Bonchev–Trinajstić information content (AvgIpc) is 1.98. The van der Waals surface area contributed by atoms with Crippen LogP contribution in [0.5, 0.6) is 0 Å². The number of hydrogen-bond acceptors (Lipinski definition) is 1. The monoisotopic (exact) mass is 216 g/mol. The van der Waals surface area contributed by atoms with Crippen LogP contribution < -0.4 is 0 Å². The van der Waals surface area contributed by atoms with E-state index >= 15 is 0 Å². The summed E-state index contributed by atoms with van der Waals surface area (Å²) in [5.41, 5.74) is 0.250. The first-order chi connectivity index (χ1) is 6.25. The molecular formula is C9H12BrN. The van der Waals surface area contributed by atoms with Gasteiger partial charge in [0.15, 0.2) is 0 Å². The van der Waals surface area contributed by atoms with Gasteiger partial charge in [-0.3, -0.25) is 0 Å². The molecule has 1 nitrogen and oxygen atoms in total. The first-order valence-electron chi connectivity index (χ1n) is 4.89. The molecule has 1 aromatic heterocycles. The number of rotatable bonds is 0. The van der Waals surface area contributed by atoms with E-state index in [-0.39, 0.29) is 23.7 Å². The summed E-state index contributed by atoms with van der Waals surface area (Å²) in [7, 11) is 0. The third kappa shape index (κ3) is 2.29. The Labute approximate surface area is 80.2 Å². The van der Waals surface area contributed by atoms with Crippen molar-refractivity contribution in [2.75, 3.05) is 0 Å². The highest BCUT2D eigenvalue weighted by Crippen LogP contribution is 2.23. The number of aromatic nitrogens is 1. The van der Waals surface area contributed by atoms with E-state index in [9.17, 15) is 0 Å². The first-order valence-corrected chi connectivity index (χ1v) is 4.18. The summed E-state index contributed by atoms with van der Waals surface area (Å²) in [5, 5.41) is 0. The van der Waals surface area contributed by atoms with Crippen LogP contribution in [-0.2, 0) is 5.41 Å². The molecule has 0 spiro atoms. The highest BCUT2D eigenvalue weighted by atomic mass is 79.9. The highest BCUT2D eigenvalue weighted by Gasteiger charge is 2.13. The lowest BCUT2D eigenvalue weighted by atomic mass is 9.88. The number of hydrogen-bond donors (Lipinski definition) is 0. The number of nitrogens with zero attached hydrogens (tertiary/aromatic N) is 1. The van der Waals surface area contributed by atoms with Gasteiger partial charge in [-0.25, -0.2) is 4.98 Å². The molecule has 0 saturated carbocycles. The summed E-state index contributed by atoms with van der Waals surface area (Å²) in [6.45, 7) is 5.76. The predicted molar refractivity (Wildman–Crippen MR) is 50.6 cm³/mol. The standard InChI is InChI=1S/C9H12BrN/c1-9(2,3)7-4-5-11-8(10)6-7/h4-6H,1-3H3/i4D,5D,6D. The zero-order valence-electron chi connectivity index (χ0n) is 9.83. The van der Waals surface area contributed by atoms with Crippen molar-refractivity contribution >= 4 is 15.9 Å². The molecule has 11 heavy (non-hydrogen) atoms. The zero-order valence-corrected chi connectivity index (χ0v) is 8.41. The molecule has 0 aromatic carbocycles. The Hall–Kier alpha value is -0.370. The van der Waals surface area contributed by atoms with Crippen molar-refractivity contribution in [2.24, 2.45) is 0 Å². The SMILES string of the molecule is [2H]c1nc(Br)c([2H])c(C(C)(C)C)c1[2H]. The Morgan fingerprint density at radius 2 is 2.18 bits per heavy atom. The second-order valence-electron chi connectivity index (χ2n) is 3.39. The quantitative estimate of drug-likeness (QED) is 0.608. The number of pyridine rings is 1. The second kappa shape index (κ2) is 2.94. The lowest BCUT2D eigenvalue weighted by molar-refractivity contribution is 0.588. The molecule has 0 aliphatic heterocycles. The summed E-state index contributed by atoms with van der Waals surface area (Å²) in [6.07, 6.45) is -0.0854. The van der Waals surface area contributed by atoms with Crippen LogP contribution in [0.25, 0.3) is 0 Å². The summed E-state index contributed by atoms with van der Waals surface area (Å²) in [4.78, 5) is 3.76. The largest absolute Gasteiger partial charge is 0.249 e. The average molecular weight is 217 g/mol. The van der Waals surface area contributed by atoms with Gasteiger partial charge in [-0.15, -0.1) is 0 Å². The molecular weight excluding hydrogens is 202 g/mol. The van der Waals surface area contributed by atoms with Gasteiger partial charge in [-0.05, 0) is 39.0 Å². The van der Waals surface area contributed by atoms with Crippen LogP contribution in [0.3, 0.4) is 0 Å². The van der Waals surface area contributed by atoms with E-state index in [2.05, 4.69) is 20.9 Å². The number of halogens is 1. The van der Waals surface area contributed by atoms with Gasteiger partial charge in [0.1, 0.15) is 4.60 Å². The Bertz CT molecular complexity index is 345. The highest BCUT2D eigenvalue weighted by molar-refractivity contribution is 9.10. The van der Waals surface area contributed by atoms with Gasteiger partial charge in [0.25, 0.3) is 0 Å². The van der Waals surface area contributed by atoms with E-state index < -0.39 is 0 Å². The van der Waals surface area contributed by atoms with Crippen molar-refractivity contribution in [1.29, 1.82) is 0 Å². The van der Waals surface area contributed by atoms with Crippen LogP contribution in [0, 0.1) is 0 Å². The minimum absolute atomic E-state index is 0.0469. The maximum Gasteiger partial charge on any atom is 0.106 e. The molecule has 2 heteroatoms. The minimum atomic E-state index is -0.310. The van der Waals surface area contributed by atoms with E-state index in [4.69, 9.17) is 4.11 Å². The van der Waals surface area contributed by atoms with Crippen LogP contribution in [0.15, 0.2) is 22.9 Å². The second-order valence-corrected chi connectivity index (χ2v) is 4.14.